The van der Waals surface area contributed by atoms with Gasteiger partial charge in [-0.2, -0.15) is 0 Å². The number of nitrogens with one attached hydrogen (secondary N) is 1. The Morgan fingerprint density at radius 3 is 2.50 bits per heavy atom. The molecule has 2 aromatic carbocycles. The molecule has 0 spiro atoms. The van der Waals surface area contributed by atoms with Crippen molar-refractivity contribution in [3.05, 3.63) is 65.5 Å². The lowest BCUT2D eigenvalue weighted by atomic mass is 10.1. The molecule has 116 valence electrons. The van der Waals surface area contributed by atoms with E-state index in [-0.39, 0.29) is 24.8 Å². The van der Waals surface area contributed by atoms with Gasteiger partial charge in [-0.05, 0) is 42.3 Å². The third kappa shape index (κ3) is 5.77. The fourth-order valence-electron chi connectivity index (χ4n) is 1.99. The molecule has 1 N–H and O–H groups in total. The lowest BCUT2D eigenvalue weighted by Crippen LogP contribution is -2.17. The van der Waals surface area contributed by atoms with Crippen molar-refractivity contribution in [2.24, 2.45) is 0 Å². The molecule has 2 rings (SSSR count). The van der Waals surface area contributed by atoms with Crippen molar-refractivity contribution in [1.82, 2.24) is 5.32 Å². The summed E-state index contributed by atoms with van der Waals surface area (Å²) >= 11 is 0. The van der Waals surface area contributed by atoms with Gasteiger partial charge in [0.25, 0.3) is 0 Å². The summed E-state index contributed by atoms with van der Waals surface area (Å²) in [6, 6.07) is 14.6. The van der Waals surface area contributed by atoms with Crippen LogP contribution in [-0.2, 0) is 13.0 Å². The number of ether oxygens (including phenoxy) is 1. The molecular formula is C18H19ClFNO. The summed E-state index contributed by atoms with van der Waals surface area (Å²) in [4.78, 5) is 0. The van der Waals surface area contributed by atoms with E-state index in [9.17, 15) is 4.39 Å². The summed E-state index contributed by atoms with van der Waals surface area (Å²) in [5.74, 6) is 3.05. The summed E-state index contributed by atoms with van der Waals surface area (Å²) < 4.78 is 18.7. The second kappa shape index (κ2) is 9.83. The molecule has 0 aliphatic rings. The van der Waals surface area contributed by atoms with E-state index >= 15 is 0 Å². The standard InChI is InChI=1S/C18H18FNO.ClH/c1-2-13-21-17-9-7-15(8-10-17)14-20-12-11-16-5-3-4-6-18(16)19;/h1,3-10,20H,11-14H2;1H. The van der Waals surface area contributed by atoms with Crippen LogP contribution in [-0.4, -0.2) is 13.2 Å². The molecule has 0 saturated heterocycles. The highest BCUT2D eigenvalue weighted by atomic mass is 35.5. The van der Waals surface area contributed by atoms with E-state index < -0.39 is 0 Å². The number of rotatable bonds is 7. The highest BCUT2D eigenvalue weighted by Crippen LogP contribution is 2.12. The zero-order chi connectivity index (χ0) is 14.9. The number of halogens is 2. The molecule has 0 aliphatic carbocycles. The van der Waals surface area contributed by atoms with Gasteiger partial charge in [0.2, 0.25) is 0 Å². The van der Waals surface area contributed by atoms with E-state index in [1.54, 1.807) is 6.07 Å². The van der Waals surface area contributed by atoms with Crippen molar-refractivity contribution in [1.29, 1.82) is 0 Å². The zero-order valence-corrected chi connectivity index (χ0v) is 13.0. The highest BCUT2D eigenvalue weighted by Gasteiger charge is 2.00. The Hall–Kier alpha value is -2.02. The monoisotopic (exact) mass is 319 g/mol. The maximum atomic E-state index is 13.4. The first-order chi connectivity index (χ1) is 10.3. The lowest BCUT2D eigenvalue weighted by Gasteiger charge is -2.07. The normalized spacial score (nSPS) is 9.64. The average molecular weight is 320 g/mol. The van der Waals surface area contributed by atoms with Crippen LogP contribution < -0.4 is 10.1 Å². The maximum Gasteiger partial charge on any atom is 0.148 e. The van der Waals surface area contributed by atoms with Gasteiger partial charge in [-0.1, -0.05) is 36.3 Å². The number of hydrogen-bond donors (Lipinski definition) is 1. The molecular weight excluding hydrogens is 301 g/mol. The van der Waals surface area contributed by atoms with Gasteiger partial charge in [0.05, 0.1) is 0 Å². The molecule has 2 aromatic rings. The summed E-state index contributed by atoms with van der Waals surface area (Å²) in [6.45, 7) is 1.75. The Morgan fingerprint density at radius 1 is 1.09 bits per heavy atom. The molecule has 22 heavy (non-hydrogen) atoms. The Labute approximate surface area is 137 Å². The first-order valence-corrected chi connectivity index (χ1v) is 6.89. The second-order valence-electron chi connectivity index (χ2n) is 4.65. The summed E-state index contributed by atoms with van der Waals surface area (Å²) in [5, 5.41) is 3.30. The SMILES string of the molecule is C#CCOc1ccc(CNCCc2ccccc2F)cc1.Cl. The van der Waals surface area contributed by atoms with Crippen LogP contribution in [0.25, 0.3) is 0 Å². The van der Waals surface area contributed by atoms with Crippen LogP contribution in [0.4, 0.5) is 4.39 Å². The Kier molecular flexibility index (Phi) is 8.06. The average Bonchev–Trinajstić information content (AvgIpc) is 2.52. The van der Waals surface area contributed by atoms with Gasteiger partial charge in [0, 0.05) is 6.54 Å². The minimum absolute atomic E-state index is 0. The quantitative estimate of drug-likeness (QED) is 0.622. The minimum Gasteiger partial charge on any atom is -0.481 e. The summed E-state index contributed by atoms with van der Waals surface area (Å²) in [6.07, 6.45) is 5.81. The molecule has 0 aliphatic heterocycles. The Bertz CT molecular complexity index is 607. The van der Waals surface area contributed by atoms with Crippen LogP contribution in [0, 0.1) is 18.2 Å². The van der Waals surface area contributed by atoms with Crippen molar-refractivity contribution in [2.45, 2.75) is 13.0 Å². The van der Waals surface area contributed by atoms with Crippen LogP contribution in [0.5, 0.6) is 5.75 Å². The fraction of sp³-hybridized carbons (Fsp3) is 0.222. The van der Waals surface area contributed by atoms with Crippen molar-refractivity contribution in [2.75, 3.05) is 13.2 Å². The van der Waals surface area contributed by atoms with Crippen LogP contribution in [0.1, 0.15) is 11.1 Å². The molecule has 0 atom stereocenters. The number of hydrogen-bond acceptors (Lipinski definition) is 2. The molecule has 4 heteroatoms. The highest BCUT2D eigenvalue weighted by molar-refractivity contribution is 5.85. The second-order valence-corrected chi connectivity index (χ2v) is 4.65. The predicted molar refractivity (Wildman–Crippen MR) is 89.8 cm³/mol. The topological polar surface area (TPSA) is 21.3 Å². The summed E-state index contributed by atoms with van der Waals surface area (Å²) in [7, 11) is 0. The molecule has 0 heterocycles. The lowest BCUT2D eigenvalue weighted by molar-refractivity contribution is 0.370. The molecule has 0 aromatic heterocycles. The van der Waals surface area contributed by atoms with Gasteiger partial charge in [-0.25, -0.2) is 4.39 Å². The van der Waals surface area contributed by atoms with Crippen molar-refractivity contribution < 1.29 is 9.13 Å². The molecule has 0 unspecified atom stereocenters. The molecule has 0 saturated carbocycles. The van der Waals surface area contributed by atoms with Crippen LogP contribution in [0.2, 0.25) is 0 Å². The first kappa shape index (κ1) is 18.0. The Balaban J connectivity index is 0.00000242. The van der Waals surface area contributed by atoms with Crippen LogP contribution >= 0.6 is 12.4 Å². The molecule has 0 bridgehead atoms. The third-order valence-corrected chi connectivity index (χ3v) is 3.10. The van der Waals surface area contributed by atoms with Gasteiger partial charge >= 0.3 is 0 Å². The van der Waals surface area contributed by atoms with E-state index in [2.05, 4.69) is 11.2 Å². The van der Waals surface area contributed by atoms with E-state index in [0.29, 0.717) is 6.42 Å². The fourth-order valence-corrected chi connectivity index (χ4v) is 1.99. The predicted octanol–water partition coefficient (Wildman–Crippen LogP) is 3.59. The molecule has 0 radical (unpaired) electrons. The third-order valence-electron chi connectivity index (χ3n) is 3.10. The smallest absolute Gasteiger partial charge is 0.148 e. The molecule has 0 amide bonds. The van der Waals surface area contributed by atoms with E-state index in [1.807, 2.05) is 36.4 Å². The van der Waals surface area contributed by atoms with Crippen molar-refractivity contribution >= 4 is 12.4 Å². The van der Waals surface area contributed by atoms with Gasteiger partial charge in [-0.15, -0.1) is 18.8 Å². The van der Waals surface area contributed by atoms with Gasteiger partial charge in [-0.3, -0.25) is 0 Å². The van der Waals surface area contributed by atoms with E-state index in [0.717, 1.165) is 30.0 Å². The zero-order valence-electron chi connectivity index (χ0n) is 12.2. The van der Waals surface area contributed by atoms with Gasteiger partial charge in [0.1, 0.15) is 18.2 Å². The van der Waals surface area contributed by atoms with E-state index in [1.165, 1.54) is 6.07 Å². The number of benzene rings is 2. The summed E-state index contributed by atoms with van der Waals surface area (Å²) in [5.41, 5.74) is 1.89. The van der Waals surface area contributed by atoms with Crippen molar-refractivity contribution in [3.8, 4) is 18.1 Å². The first-order valence-electron chi connectivity index (χ1n) is 6.89. The largest absolute Gasteiger partial charge is 0.481 e. The molecule has 2 nitrogen and oxygen atoms in total. The van der Waals surface area contributed by atoms with Gasteiger partial charge in [0.15, 0.2) is 0 Å². The maximum absolute atomic E-state index is 13.4. The van der Waals surface area contributed by atoms with Gasteiger partial charge < -0.3 is 10.1 Å². The minimum atomic E-state index is -0.144. The van der Waals surface area contributed by atoms with Crippen LogP contribution in [0.15, 0.2) is 48.5 Å². The van der Waals surface area contributed by atoms with Crippen LogP contribution in [0.3, 0.4) is 0 Å². The number of terminal acetylenes is 1. The Morgan fingerprint density at radius 2 is 1.82 bits per heavy atom. The van der Waals surface area contributed by atoms with Crippen molar-refractivity contribution in [3.63, 3.8) is 0 Å². The molecule has 0 fully saturated rings. The van der Waals surface area contributed by atoms with E-state index in [4.69, 9.17) is 11.2 Å².